The van der Waals surface area contributed by atoms with Crippen molar-refractivity contribution >= 4 is 23.8 Å². The summed E-state index contributed by atoms with van der Waals surface area (Å²) < 4.78 is 10.5. The van der Waals surface area contributed by atoms with Crippen LogP contribution in [0.15, 0.2) is 59.6 Å². The molecule has 1 atom stereocenters. The van der Waals surface area contributed by atoms with Gasteiger partial charge in [-0.05, 0) is 55.4 Å². The minimum Gasteiger partial charge on any atom is -0.508 e. The maximum absolute atomic E-state index is 12.9. The molecule has 148 valence electrons. The van der Waals surface area contributed by atoms with Crippen molar-refractivity contribution in [1.29, 1.82) is 0 Å². The number of ether oxygens (including phenoxy) is 2. The van der Waals surface area contributed by atoms with E-state index in [9.17, 15) is 29.4 Å². The van der Waals surface area contributed by atoms with E-state index in [1.807, 2.05) is 0 Å². The Morgan fingerprint density at radius 2 is 1.93 bits per heavy atom. The van der Waals surface area contributed by atoms with E-state index >= 15 is 0 Å². The topological polar surface area (TPSA) is 127 Å². The van der Waals surface area contributed by atoms with Crippen molar-refractivity contribution < 1.29 is 38.9 Å². The number of allylic oxidation sites excluding steroid dienone is 4. The molecule has 29 heavy (non-hydrogen) atoms. The standard InChI is InChI=1S/C21H16O8/c1-11-6-13(23)9-16(24)18(11)20(27)29-21(2)17(25)8-12-7-14(4-3-5-22)28-10-15(12)19(21)26/h3-10,23-24H,1-2H3/t21-/m1/s1. The van der Waals surface area contributed by atoms with Gasteiger partial charge in [0.1, 0.15) is 35.4 Å². The number of carbonyl (C=O) groups excluding carboxylic acids is 4. The van der Waals surface area contributed by atoms with Gasteiger partial charge >= 0.3 is 5.97 Å². The lowest BCUT2D eigenvalue weighted by molar-refractivity contribution is -0.145. The Balaban J connectivity index is 1.95. The van der Waals surface area contributed by atoms with Gasteiger partial charge in [0.2, 0.25) is 17.2 Å². The number of phenols is 2. The lowest BCUT2D eigenvalue weighted by atomic mass is 9.80. The van der Waals surface area contributed by atoms with Crippen LogP contribution in [0.3, 0.4) is 0 Å². The highest BCUT2D eigenvalue weighted by atomic mass is 16.6. The first kappa shape index (κ1) is 19.8. The number of carbonyl (C=O) groups is 4. The summed E-state index contributed by atoms with van der Waals surface area (Å²) in [4.78, 5) is 48.6. The number of ketones is 2. The van der Waals surface area contributed by atoms with Crippen LogP contribution in [0.2, 0.25) is 0 Å². The molecule has 1 aromatic carbocycles. The van der Waals surface area contributed by atoms with E-state index < -0.39 is 28.9 Å². The van der Waals surface area contributed by atoms with Gasteiger partial charge in [0, 0.05) is 6.07 Å². The van der Waals surface area contributed by atoms with Crippen molar-refractivity contribution in [3.63, 3.8) is 0 Å². The zero-order valence-electron chi connectivity index (χ0n) is 15.5. The monoisotopic (exact) mass is 396 g/mol. The molecule has 0 fully saturated rings. The third-order valence-corrected chi connectivity index (χ3v) is 4.50. The average Bonchev–Trinajstić information content (AvgIpc) is 2.64. The summed E-state index contributed by atoms with van der Waals surface area (Å²) in [5.74, 6) is -3.20. The minimum absolute atomic E-state index is 0.0230. The highest BCUT2D eigenvalue weighted by Crippen LogP contribution is 2.35. The van der Waals surface area contributed by atoms with Crippen molar-refractivity contribution in [3.8, 4) is 11.5 Å². The van der Waals surface area contributed by atoms with Gasteiger partial charge in [-0.2, -0.15) is 0 Å². The molecule has 0 unspecified atom stereocenters. The molecule has 0 spiro atoms. The minimum atomic E-state index is -2.16. The Labute approximate surface area is 165 Å². The molecule has 0 saturated heterocycles. The number of hydrogen-bond donors (Lipinski definition) is 2. The number of aryl methyl sites for hydroxylation is 1. The summed E-state index contributed by atoms with van der Waals surface area (Å²) in [5, 5.41) is 19.4. The van der Waals surface area contributed by atoms with E-state index in [1.165, 1.54) is 31.2 Å². The smallest absolute Gasteiger partial charge is 0.343 e. The molecule has 2 aliphatic rings. The molecule has 8 nitrogen and oxygen atoms in total. The molecule has 1 aliphatic carbocycles. The Morgan fingerprint density at radius 1 is 1.21 bits per heavy atom. The van der Waals surface area contributed by atoms with Crippen LogP contribution in [0.5, 0.6) is 11.5 Å². The number of hydrogen-bond acceptors (Lipinski definition) is 8. The molecule has 1 aromatic rings. The van der Waals surface area contributed by atoms with Gasteiger partial charge in [-0.15, -0.1) is 0 Å². The second-order valence-electron chi connectivity index (χ2n) is 6.56. The Hall–Kier alpha value is -3.94. The molecular formula is C21H16O8. The maximum atomic E-state index is 12.9. The predicted molar refractivity (Wildman–Crippen MR) is 98.9 cm³/mol. The average molecular weight is 396 g/mol. The lowest BCUT2D eigenvalue weighted by Crippen LogP contribution is -2.50. The molecule has 0 aromatic heterocycles. The van der Waals surface area contributed by atoms with Crippen molar-refractivity contribution in [3.05, 3.63) is 70.7 Å². The third-order valence-electron chi connectivity index (χ3n) is 4.50. The zero-order chi connectivity index (χ0) is 21.3. The number of esters is 1. The van der Waals surface area contributed by atoms with Gasteiger partial charge in [0.25, 0.3) is 0 Å². The number of benzene rings is 1. The van der Waals surface area contributed by atoms with Crippen LogP contribution < -0.4 is 0 Å². The number of phenolic OH excluding ortho intramolecular Hbond substituents is 2. The van der Waals surface area contributed by atoms with Gasteiger partial charge in [-0.25, -0.2) is 4.79 Å². The van der Waals surface area contributed by atoms with Crippen molar-refractivity contribution in [2.75, 3.05) is 0 Å². The summed E-state index contributed by atoms with van der Waals surface area (Å²) in [6.45, 7) is 2.61. The van der Waals surface area contributed by atoms with Gasteiger partial charge in [-0.3, -0.25) is 14.4 Å². The summed E-state index contributed by atoms with van der Waals surface area (Å²) in [6.07, 6.45) is 6.76. The molecule has 8 heteroatoms. The lowest BCUT2D eigenvalue weighted by Gasteiger charge is -2.31. The van der Waals surface area contributed by atoms with E-state index in [4.69, 9.17) is 9.47 Å². The number of Topliss-reactive ketones (excluding diaryl/α,β-unsaturated/α-hetero) is 1. The molecule has 0 bridgehead atoms. The van der Waals surface area contributed by atoms with Crippen LogP contribution in [0.25, 0.3) is 0 Å². The fourth-order valence-corrected chi connectivity index (χ4v) is 2.98. The predicted octanol–water partition coefficient (Wildman–Crippen LogP) is 1.95. The van der Waals surface area contributed by atoms with Crippen LogP contribution >= 0.6 is 0 Å². The second-order valence-corrected chi connectivity index (χ2v) is 6.56. The van der Waals surface area contributed by atoms with Crippen LogP contribution in [-0.4, -0.2) is 39.6 Å². The van der Waals surface area contributed by atoms with Gasteiger partial charge < -0.3 is 19.7 Å². The summed E-state index contributed by atoms with van der Waals surface area (Å²) in [7, 11) is 0. The fraction of sp³-hybridized carbons (Fsp3) is 0.143. The first-order chi connectivity index (χ1) is 13.7. The number of rotatable bonds is 4. The Morgan fingerprint density at radius 3 is 2.59 bits per heavy atom. The number of fused-ring (bicyclic) bond motifs is 1. The summed E-state index contributed by atoms with van der Waals surface area (Å²) >= 11 is 0. The van der Waals surface area contributed by atoms with Crippen molar-refractivity contribution in [1.82, 2.24) is 0 Å². The molecule has 1 aliphatic heterocycles. The highest BCUT2D eigenvalue weighted by molar-refractivity contribution is 6.26. The largest absolute Gasteiger partial charge is 0.508 e. The quantitative estimate of drug-likeness (QED) is 0.342. The second kappa shape index (κ2) is 7.23. The van der Waals surface area contributed by atoms with Crippen molar-refractivity contribution in [2.45, 2.75) is 19.4 Å². The molecule has 2 N–H and O–H groups in total. The molecule has 1 heterocycles. The molecule has 0 amide bonds. The maximum Gasteiger partial charge on any atom is 0.343 e. The van der Waals surface area contributed by atoms with Gasteiger partial charge in [0.15, 0.2) is 0 Å². The highest BCUT2D eigenvalue weighted by Gasteiger charge is 2.49. The van der Waals surface area contributed by atoms with E-state index in [0.717, 1.165) is 25.3 Å². The first-order valence-corrected chi connectivity index (χ1v) is 8.45. The van der Waals surface area contributed by atoms with Crippen LogP contribution in [-0.2, 0) is 23.9 Å². The number of aldehydes is 1. The zero-order valence-corrected chi connectivity index (χ0v) is 15.5. The van der Waals surface area contributed by atoms with E-state index in [1.54, 1.807) is 0 Å². The van der Waals surface area contributed by atoms with Gasteiger partial charge in [0.05, 0.1) is 5.57 Å². The van der Waals surface area contributed by atoms with Crippen molar-refractivity contribution in [2.24, 2.45) is 0 Å². The van der Waals surface area contributed by atoms with Gasteiger partial charge in [-0.1, -0.05) is 0 Å². The Kier molecular flexibility index (Phi) is 4.94. The number of aromatic hydroxyl groups is 2. The third kappa shape index (κ3) is 3.47. The molecular weight excluding hydrogens is 380 g/mol. The van der Waals surface area contributed by atoms with Crippen LogP contribution in [0.1, 0.15) is 22.8 Å². The fourth-order valence-electron chi connectivity index (χ4n) is 2.98. The van der Waals surface area contributed by atoms with Crippen LogP contribution in [0, 0.1) is 6.92 Å². The van der Waals surface area contributed by atoms with E-state index in [0.29, 0.717) is 6.29 Å². The molecule has 0 radical (unpaired) electrons. The molecule has 3 rings (SSSR count). The normalized spacial score (nSPS) is 21.0. The Bertz CT molecular complexity index is 1050. The van der Waals surface area contributed by atoms with Crippen LogP contribution in [0.4, 0.5) is 0 Å². The van der Waals surface area contributed by atoms with E-state index in [2.05, 4.69) is 0 Å². The first-order valence-electron chi connectivity index (χ1n) is 8.45. The molecule has 0 saturated carbocycles. The van der Waals surface area contributed by atoms with E-state index in [-0.39, 0.29) is 33.8 Å². The summed E-state index contributed by atoms with van der Waals surface area (Å²) in [5.41, 5.74) is -1.94. The SMILES string of the molecule is Cc1cc(O)cc(O)c1C(=O)O[C@]1(C)C(=O)C=C2C=C(C=CC=O)OC=C2C1=O. The summed E-state index contributed by atoms with van der Waals surface area (Å²) in [6, 6.07) is 2.18.